The van der Waals surface area contributed by atoms with Gasteiger partial charge < -0.3 is 33.5 Å². The predicted octanol–water partition coefficient (Wildman–Crippen LogP) is 2.83. The van der Waals surface area contributed by atoms with Crippen molar-refractivity contribution < 1.29 is 57.5 Å². The summed E-state index contributed by atoms with van der Waals surface area (Å²) in [6, 6.07) is 13.0. The number of hydrogen-bond donors (Lipinski definition) is 1. The summed E-state index contributed by atoms with van der Waals surface area (Å²) in [7, 11) is 0. The van der Waals surface area contributed by atoms with E-state index in [9.17, 15) is 29.1 Å². The number of phenols is 1. The Labute approximate surface area is 252 Å². The molecule has 0 saturated carbocycles. The number of aromatic nitrogens is 1. The zero-order valence-electron chi connectivity index (χ0n) is 24.4. The number of Topliss-reactive ketones (excluding diaryl/α,β-unsaturated/α-hetero) is 1. The molecule has 13 nitrogen and oxygen atoms in total. The van der Waals surface area contributed by atoms with Crippen molar-refractivity contribution in [2.24, 2.45) is 0 Å². The third-order valence-corrected chi connectivity index (χ3v) is 6.50. The van der Waals surface area contributed by atoms with Crippen LogP contribution in [0.5, 0.6) is 11.5 Å². The lowest BCUT2D eigenvalue weighted by atomic mass is 9.98. The topological polar surface area (TPSA) is 174 Å². The monoisotopic (exact) mass is 609 g/mol. The molecule has 44 heavy (non-hydrogen) atoms. The van der Waals surface area contributed by atoms with Crippen molar-refractivity contribution in [3.05, 3.63) is 65.9 Å². The van der Waals surface area contributed by atoms with Gasteiger partial charge in [-0.15, -0.1) is 0 Å². The Morgan fingerprint density at radius 1 is 0.818 bits per heavy atom. The van der Waals surface area contributed by atoms with E-state index in [0.29, 0.717) is 0 Å². The molecular weight excluding hydrogens is 578 g/mol. The normalized spacial score (nSPS) is 21.1. The van der Waals surface area contributed by atoms with Crippen LogP contribution in [0.1, 0.15) is 43.6 Å². The van der Waals surface area contributed by atoms with E-state index in [1.807, 2.05) is 18.2 Å². The fourth-order valence-electron chi connectivity index (χ4n) is 4.75. The minimum absolute atomic E-state index is 0.00303. The van der Waals surface area contributed by atoms with Gasteiger partial charge in [0.25, 0.3) is 0 Å². The van der Waals surface area contributed by atoms with Gasteiger partial charge in [-0.1, -0.05) is 12.1 Å². The van der Waals surface area contributed by atoms with Crippen LogP contribution in [0, 0.1) is 0 Å². The smallest absolute Gasteiger partial charge is 0.303 e. The first-order valence-corrected chi connectivity index (χ1v) is 13.6. The largest absolute Gasteiger partial charge is 0.507 e. The Hall–Kier alpha value is -5.04. The van der Waals surface area contributed by atoms with Crippen molar-refractivity contribution in [1.82, 2.24) is 4.98 Å². The molecule has 13 heteroatoms. The minimum atomic E-state index is -1.50. The van der Waals surface area contributed by atoms with Crippen molar-refractivity contribution in [2.45, 2.75) is 64.8 Å². The molecule has 232 valence electrons. The number of ether oxygens (including phenoxy) is 6. The van der Waals surface area contributed by atoms with Crippen LogP contribution in [0.2, 0.25) is 0 Å². The standard InChI is InChI=1S/C31H31NO12/c1-16(33)39-15-27-28(40-17(2)34)29(41-18(3)35)30(42-19(4)36)31(44-27)43-22-8-9-23(26(38)14-22)25(37)13-20-7-10-24-21(12-20)6-5-11-32-24/h5-12,14,27-31,38H,13,15H2,1-4H3. The summed E-state index contributed by atoms with van der Waals surface area (Å²) < 4.78 is 33.0. The molecule has 1 aromatic heterocycles. The first-order chi connectivity index (χ1) is 20.9. The van der Waals surface area contributed by atoms with Crippen LogP contribution >= 0.6 is 0 Å². The Kier molecular flexibility index (Phi) is 10.1. The summed E-state index contributed by atoms with van der Waals surface area (Å²) in [6.45, 7) is 4.05. The van der Waals surface area contributed by atoms with Crippen molar-refractivity contribution in [3.63, 3.8) is 0 Å². The third kappa shape index (κ3) is 8.07. The van der Waals surface area contributed by atoms with Crippen LogP contribution in [-0.2, 0) is 49.3 Å². The molecule has 0 spiro atoms. The van der Waals surface area contributed by atoms with Crippen molar-refractivity contribution in [1.29, 1.82) is 0 Å². The summed E-state index contributed by atoms with van der Waals surface area (Å²) in [6.07, 6.45) is -5.25. The Morgan fingerprint density at radius 3 is 2.16 bits per heavy atom. The number of phenolic OH excluding ortho intramolecular Hbond substituents is 1. The van der Waals surface area contributed by atoms with Crippen LogP contribution in [0.25, 0.3) is 10.9 Å². The molecule has 5 unspecified atom stereocenters. The molecule has 1 aliphatic rings. The number of hydrogen-bond acceptors (Lipinski definition) is 13. The summed E-state index contributed by atoms with van der Waals surface area (Å²) in [5.74, 6) is -3.77. The van der Waals surface area contributed by atoms with Gasteiger partial charge in [-0.25, -0.2) is 0 Å². The summed E-state index contributed by atoms with van der Waals surface area (Å²) >= 11 is 0. The quantitative estimate of drug-likeness (QED) is 0.202. The second kappa shape index (κ2) is 14.0. The molecule has 0 amide bonds. The van der Waals surface area contributed by atoms with Crippen molar-refractivity contribution in [3.8, 4) is 11.5 Å². The number of rotatable bonds is 10. The molecule has 1 saturated heterocycles. The maximum atomic E-state index is 13.1. The molecule has 0 bridgehead atoms. The summed E-state index contributed by atoms with van der Waals surface area (Å²) in [5.41, 5.74) is 1.55. The number of nitrogens with zero attached hydrogens (tertiary/aromatic N) is 1. The summed E-state index contributed by atoms with van der Waals surface area (Å²) in [5, 5.41) is 11.6. The maximum Gasteiger partial charge on any atom is 0.303 e. The number of fused-ring (bicyclic) bond motifs is 1. The average Bonchev–Trinajstić information content (AvgIpc) is 2.94. The van der Waals surface area contributed by atoms with Gasteiger partial charge in [0.1, 0.15) is 24.2 Å². The van der Waals surface area contributed by atoms with Gasteiger partial charge in [-0.2, -0.15) is 0 Å². The second-order valence-electron chi connectivity index (χ2n) is 9.99. The lowest BCUT2D eigenvalue weighted by Crippen LogP contribution is -2.63. The molecule has 2 aromatic carbocycles. The second-order valence-corrected chi connectivity index (χ2v) is 9.99. The molecule has 5 atom stereocenters. The first-order valence-electron chi connectivity index (χ1n) is 13.6. The number of aromatic hydroxyl groups is 1. The van der Waals surface area contributed by atoms with E-state index in [2.05, 4.69) is 4.98 Å². The molecule has 2 heterocycles. The van der Waals surface area contributed by atoms with Crippen LogP contribution in [-0.4, -0.2) is 77.1 Å². The highest BCUT2D eigenvalue weighted by Crippen LogP contribution is 2.33. The van der Waals surface area contributed by atoms with E-state index < -0.39 is 61.2 Å². The lowest BCUT2D eigenvalue weighted by molar-refractivity contribution is -0.288. The van der Waals surface area contributed by atoms with Gasteiger partial charge >= 0.3 is 23.9 Å². The molecule has 4 rings (SSSR count). The zero-order valence-corrected chi connectivity index (χ0v) is 24.4. The van der Waals surface area contributed by atoms with E-state index in [1.54, 1.807) is 18.3 Å². The first kappa shape index (κ1) is 31.9. The molecule has 1 N–H and O–H groups in total. The van der Waals surface area contributed by atoms with E-state index in [0.717, 1.165) is 44.2 Å². The van der Waals surface area contributed by atoms with E-state index >= 15 is 0 Å². The zero-order chi connectivity index (χ0) is 32.0. The number of carbonyl (C=O) groups is 5. The molecule has 1 aliphatic heterocycles. The van der Waals surface area contributed by atoms with Gasteiger partial charge in [0.15, 0.2) is 18.0 Å². The Morgan fingerprint density at radius 2 is 1.50 bits per heavy atom. The van der Waals surface area contributed by atoms with Gasteiger partial charge in [-0.3, -0.25) is 29.0 Å². The molecule has 3 aromatic rings. The number of benzene rings is 2. The number of esters is 4. The number of ketones is 1. The van der Waals surface area contributed by atoms with Crippen molar-refractivity contribution >= 4 is 40.6 Å². The highest BCUT2D eigenvalue weighted by atomic mass is 16.7. The van der Waals surface area contributed by atoms with Crippen LogP contribution in [0.4, 0.5) is 0 Å². The average molecular weight is 610 g/mol. The highest BCUT2D eigenvalue weighted by Gasteiger charge is 2.53. The molecule has 0 aliphatic carbocycles. The fourth-order valence-corrected chi connectivity index (χ4v) is 4.75. The van der Waals surface area contributed by atoms with Crippen LogP contribution < -0.4 is 4.74 Å². The highest BCUT2D eigenvalue weighted by molar-refractivity contribution is 6.00. The van der Waals surface area contributed by atoms with E-state index in [1.165, 1.54) is 18.2 Å². The van der Waals surface area contributed by atoms with Crippen LogP contribution in [0.3, 0.4) is 0 Å². The number of pyridine rings is 1. The Bertz CT molecular complexity index is 1570. The van der Waals surface area contributed by atoms with E-state index in [4.69, 9.17) is 28.4 Å². The minimum Gasteiger partial charge on any atom is -0.507 e. The van der Waals surface area contributed by atoms with Gasteiger partial charge in [0.2, 0.25) is 12.4 Å². The van der Waals surface area contributed by atoms with Gasteiger partial charge in [-0.05, 0) is 35.9 Å². The third-order valence-electron chi connectivity index (χ3n) is 6.50. The molecule has 0 radical (unpaired) electrons. The predicted molar refractivity (Wildman–Crippen MR) is 150 cm³/mol. The molecule has 1 fully saturated rings. The molecular formula is C31H31NO12. The van der Waals surface area contributed by atoms with Gasteiger partial charge in [0.05, 0.1) is 11.1 Å². The fraction of sp³-hybridized carbons (Fsp3) is 0.355. The Balaban J connectivity index is 1.59. The van der Waals surface area contributed by atoms with Crippen LogP contribution in [0.15, 0.2) is 54.7 Å². The maximum absolute atomic E-state index is 13.1. The lowest BCUT2D eigenvalue weighted by Gasteiger charge is -2.43. The SMILES string of the molecule is CC(=O)OCC1OC(Oc2ccc(C(=O)Cc3ccc4ncccc4c3)c(O)c2)C(OC(C)=O)C(OC(C)=O)C1OC(C)=O. The number of carbonyl (C=O) groups excluding carboxylic acids is 5. The van der Waals surface area contributed by atoms with Gasteiger partial charge in [0, 0.05) is 51.8 Å². The summed E-state index contributed by atoms with van der Waals surface area (Å²) in [4.78, 5) is 64.8. The van der Waals surface area contributed by atoms with E-state index in [-0.39, 0.29) is 29.3 Å². The van der Waals surface area contributed by atoms with Crippen molar-refractivity contribution in [2.75, 3.05) is 6.61 Å².